The van der Waals surface area contributed by atoms with E-state index in [0.717, 1.165) is 63.2 Å². The lowest BCUT2D eigenvalue weighted by Crippen LogP contribution is -2.44. The van der Waals surface area contributed by atoms with E-state index in [1.54, 1.807) is 0 Å². The second-order valence-electron chi connectivity index (χ2n) is 8.74. The molecule has 5 nitrogen and oxygen atoms in total. The van der Waals surface area contributed by atoms with Gasteiger partial charge in [-0.2, -0.15) is 0 Å². The molecule has 0 aliphatic carbocycles. The van der Waals surface area contributed by atoms with Gasteiger partial charge in [0.2, 0.25) is 5.91 Å². The van der Waals surface area contributed by atoms with Crippen LogP contribution in [0.1, 0.15) is 37.7 Å². The third-order valence-electron chi connectivity index (χ3n) is 6.54. The van der Waals surface area contributed by atoms with Gasteiger partial charge >= 0.3 is 0 Å². The van der Waals surface area contributed by atoms with Crippen LogP contribution in [-0.2, 0) is 9.59 Å². The van der Waals surface area contributed by atoms with Crippen molar-refractivity contribution in [3.05, 3.63) is 66.2 Å². The highest BCUT2D eigenvalue weighted by molar-refractivity contribution is 5.94. The number of amides is 2. The Morgan fingerprint density at radius 3 is 2.19 bits per heavy atom. The topological polar surface area (TPSA) is 49.9 Å². The van der Waals surface area contributed by atoms with Crippen molar-refractivity contribution in [2.45, 2.75) is 32.1 Å². The van der Waals surface area contributed by atoms with Crippen molar-refractivity contribution in [1.29, 1.82) is 0 Å². The molecule has 0 aromatic heterocycles. The van der Waals surface area contributed by atoms with E-state index in [0.29, 0.717) is 13.0 Å². The molecule has 1 spiro atoms. The molecule has 5 heteroatoms. The predicted molar refractivity (Wildman–Crippen MR) is 124 cm³/mol. The van der Waals surface area contributed by atoms with Crippen molar-refractivity contribution in [2.75, 3.05) is 32.8 Å². The molecule has 2 aromatic carbocycles. The number of ether oxygens (including phenoxy) is 1. The van der Waals surface area contributed by atoms with E-state index in [-0.39, 0.29) is 17.2 Å². The number of likely N-dealkylation sites (tertiary alicyclic amines) is 2. The first-order valence-corrected chi connectivity index (χ1v) is 11.5. The number of hydrogen-bond donors (Lipinski definition) is 0. The minimum absolute atomic E-state index is 0.0948. The lowest BCUT2D eigenvalue weighted by atomic mass is 9.77. The predicted octanol–water partition coefficient (Wildman–Crippen LogP) is 3.74. The normalized spacial score (nSPS) is 17.0. The summed E-state index contributed by atoms with van der Waals surface area (Å²) in [7, 11) is 0. The van der Waals surface area contributed by atoms with Gasteiger partial charge in [-0.1, -0.05) is 42.3 Å². The zero-order valence-electron chi connectivity index (χ0n) is 18.5. The number of piperidine rings is 1. The third-order valence-corrected chi connectivity index (χ3v) is 6.54. The Balaban J connectivity index is 1.19. The van der Waals surface area contributed by atoms with Gasteiger partial charge in [-0.3, -0.25) is 9.59 Å². The zero-order chi connectivity index (χ0) is 22.2. The molecule has 2 aliphatic rings. The van der Waals surface area contributed by atoms with Crippen LogP contribution < -0.4 is 4.74 Å². The van der Waals surface area contributed by atoms with E-state index in [1.807, 2.05) is 70.5 Å². The number of hydrogen-bond acceptors (Lipinski definition) is 3. The summed E-state index contributed by atoms with van der Waals surface area (Å²) in [5.41, 5.74) is 0.993. The summed E-state index contributed by atoms with van der Waals surface area (Å²) >= 11 is 0. The van der Waals surface area contributed by atoms with Gasteiger partial charge < -0.3 is 14.5 Å². The fourth-order valence-electron chi connectivity index (χ4n) is 4.56. The van der Waals surface area contributed by atoms with Gasteiger partial charge in [0.25, 0.3) is 5.91 Å². The molecule has 2 aromatic rings. The number of carbonyl (C=O) groups excluding carboxylic acids is 2. The van der Waals surface area contributed by atoms with Crippen molar-refractivity contribution in [1.82, 2.24) is 9.80 Å². The zero-order valence-corrected chi connectivity index (χ0v) is 18.5. The molecule has 0 N–H and O–H groups in total. The Kier molecular flexibility index (Phi) is 7.11. The van der Waals surface area contributed by atoms with E-state index in [1.165, 1.54) is 0 Å². The average Bonchev–Trinajstić information content (AvgIpc) is 3.25. The average molecular weight is 431 g/mol. The van der Waals surface area contributed by atoms with E-state index < -0.39 is 0 Å². The maximum Gasteiger partial charge on any atom is 0.298 e. The van der Waals surface area contributed by atoms with Crippen LogP contribution in [0.2, 0.25) is 0 Å². The molecular formula is C27H30N2O3. The fraction of sp³-hybridized carbons (Fsp3) is 0.407. The van der Waals surface area contributed by atoms with Crippen molar-refractivity contribution in [3.63, 3.8) is 0 Å². The molecule has 32 heavy (non-hydrogen) atoms. The van der Waals surface area contributed by atoms with Crippen LogP contribution in [-0.4, -0.2) is 54.4 Å². The molecule has 2 aliphatic heterocycles. The van der Waals surface area contributed by atoms with Gasteiger partial charge in [0, 0.05) is 44.1 Å². The largest absolute Gasteiger partial charge is 0.494 e. The second kappa shape index (κ2) is 10.4. The van der Waals surface area contributed by atoms with Gasteiger partial charge in [0.05, 0.1) is 6.61 Å². The second-order valence-corrected chi connectivity index (χ2v) is 8.74. The molecule has 0 saturated carbocycles. The minimum atomic E-state index is -0.0948. The van der Waals surface area contributed by atoms with Crippen LogP contribution >= 0.6 is 0 Å². The number of carbonyl (C=O) groups is 2. The van der Waals surface area contributed by atoms with E-state index in [9.17, 15) is 9.59 Å². The van der Waals surface area contributed by atoms with Crippen LogP contribution in [0.15, 0.2) is 60.7 Å². The number of nitrogens with zero attached hydrogens (tertiary/aromatic N) is 2. The highest BCUT2D eigenvalue weighted by atomic mass is 16.5. The molecule has 2 amide bonds. The van der Waals surface area contributed by atoms with Gasteiger partial charge in [-0.15, -0.1) is 0 Å². The molecule has 2 heterocycles. The van der Waals surface area contributed by atoms with Crippen molar-refractivity contribution >= 4 is 11.8 Å². The van der Waals surface area contributed by atoms with Crippen LogP contribution in [0.4, 0.5) is 0 Å². The first kappa shape index (κ1) is 22.0. The first-order valence-electron chi connectivity index (χ1n) is 11.5. The van der Waals surface area contributed by atoms with Crippen molar-refractivity contribution < 1.29 is 14.3 Å². The monoisotopic (exact) mass is 430 g/mol. The van der Waals surface area contributed by atoms with Gasteiger partial charge in [-0.05, 0) is 55.4 Å². The van der Waals surface area contributed by atoms with E-state index in [4.69, 9.17) is 4.74 Å². The Labute approximate surface area is 190 Å². The lowest BCUT2D eigenvalue weighted by molar-refractivity contribution is -0.134. The summed E-state index contributed by atoms with van der Waals surface area (Å²) in [5.74, 6) is 6.71. The Bertz CT molecular complexity index is 970. The van der Waals surface area contributed by atoms with Crippen LogP contribution in [0.3, 0.4) is 0 Å². The van der Waals surface area contributed by atoms with Crippen LogP contribution in [0.25, 0.3) is 0 Å². The molecule has 0 atom stereocenters. The summed E-state index contributed by atoms with van der Waals surface area (Å²) in [6.45, 7) is 3.61. The Morgan fingerprint density at radius 1 is 0.875 bits per heavy atom. The molecule has 0 radical (unpaired) electrons. The fourth-order valence-corrected chi connectivity index (χ4v) is 4.56. The SMILES string of the molecule is O=C(C#Cc1ccccc1)N1CCC2(CCN(C(=O)CCCOc3ccccc3)CC2)C1. The van der Waals surface area contributed by atoms with Gasteiger partial charge in [-0.25, -0.2) is 0 Å². The third kappa shape index (κ3) is 5.70. The molecule has 4 rings (SSSR count). The molecule has 0 unspecified atom stereocenters. The Morgan fingerprint density at radius 2 is 1.50 bits per heavy atom. The molecule has 2 saturated heterocycles. The number of rotatable bonds is 5. The summed E-state index contributed by atoms with van der Waals surface area (Å²) in [6, 6.07) is 19.3. The van der Waals surface area contributed by atoms with Gasteiger partial charge in [0.1, 0.15) is 5.75 Å². The first-order chi connectivity index (χ1) is 15.6. The maximum atomic E-state index is 12.6. The van der Waals surface area contributed by atoms with Crippen LogP contribution in [0.5, 0.6) is 5.75 Å². The lowest BCUT2D eigenvalue weighted by Gasteiger charge is -2.39. The standard InChI is InChI=1S/C27H30N2O3/c30-25(12-7-21-32-24-10-5-2-6-11-24)28-18-15-27(16-19-28)17-20-29(22-27)26(31)14-13-23-8-3-1-4-9-23/h1-6,8-11H,7,12,15-22H2. The molecular weight excluding hydrogens is 400 g/mol. The quantitative estimate of drug-likeness (QED) is 0.536. The Hall–Kier alpha value is -3.26. The summed E-state index contributed by atoms with van der Waals surface area (Å²) in [4.78, 5) is 29.0. The highest BCUT2D eigenvalue weighted by Crippen LogP contribution is 2.40. The highest BCUT2D eigenvalue weighted by Gasteiger charge is 2.42. The summed E-state index contributed by atoms with van der Waals surface area (Å²) in [6.07, 6.45) is 4.14. The molecule has 0 bridgehead atoms. The van der Waals surface area contributed by atoms with Crippen molar-refractivity contribution in [2.24, 2.45) is 5.41 Å². The molecule has 166 valence electrons. The number of benzene rings is 2. The minimum Gasteiger partial charge on any atom is -0.494 e. The maximum absolute atomic E-state index is 12.6. The van der Waals surface area contributed by atoms with E-state index >= 15 is 0 Å². The number of para-hydroxylation sites is 1. The van der Waals surface area contributed by atoms with E-state index in [2.05, 4.69) is 11.8 Å². The summed E-state index contributed by atoms with van der Waals surface area (Å²) < 4.78 is 5.68. The van der Waals surface area contributed by atoms with Gasteiger partial charge in [0.15, 0.2) is 0 Å². The summed E-state index contributed by atoms with van der Waals surface area (Å²) in [5, 5.41) is 0. The van der Waals surface area contributed by atoms with Crippen LogP contribution in [0, 0.1) is 17.3 Å². The van der Waals surface area contributed by atoms with Crippen molar-refractivity contribution in [3.8, 4) is 17.6 Å². The molecule has 2 fully saturated rings. The smallest absolute Gasteiger partial charge is 0.298 e.